The maximum atomic E-state index is 4.43. The lowest BCUT2D eigenvalue weighted by Gasteiger charge is -2.12. The average Bonchev–Trinajstić information content (AvgIpc) is 2.66. The number of nitrogens with one attached hydrogen (secondary N) is 2. The maximum Gasteiger partial charge on any atom is 0.191 e. The quantitative estimate of drug-likeness (QED) is 0.479. The molecule has 5 heteroatoms. The van der Waals surface area contributed by atoms with Crippen LogP contribution in [0, 0.1) is 19.8 Å². The van der Waals surface area contributed by atoms with E-state index in [2.05, 4.69) is 41.4 Å². The van der Waals surface area contributed by atoms with Crippen LogP contribution in [-0.4, -0.2) is 24.5 Å². The summed E-state index contributed by atoms with van der Waals surface area (Å²) in [6.45, 7) is 10.4. The Hall–Kier alpha value is -1.10. The third kappa shape index (κ3) is 6.05. The van der Waals surface area contributed by atoms with Crippen molar-refractivity contribution in [1.29, 1.82) is 0 Å². The maximum absolute atomic E-state index is 4.43. The van der Waals surface area contributed by atoms with Crippen LogP contribution in [0.4, 0.5) is 0 Å². The van der Waals surface area contributed by atoms with Crippen LogP contribution >= 0.6 is 11.3 Å². The molecule has 1 heterocycles. The molecule has 0 amide bonds. The molecule has 1 aromatic rings. The van der Waals surface area contributed by atoms with Crippen LogP contribution in [0.2, 0.25) is 0 Å². The van der Waals surface area contributed by atoms with Crippen molar-refractivity contribution in [2.24, 2.45) is 10.9 Å². The second-order valence-electron chi connectivity index (χ2n) is 5.13. The topological polar surface area (TPSA) is 49.3 Å². The molecule has 1 rings (SSSR count). The highest BCUT2D eigenvalue weighted by Crippen LogP contribution is 2.16. The Bertz CT molecular complexity index is 410. The first kappa shape index (κ1) is 16.0. The molecule has 0 aliphatic heterocycles. The molecular formula is C14H26N4S. The van der Waals surface area contributed by atoms with Gasteiger partial charge in [0.05, 0.1) is 17.2 Å². The first-order chi connectivity index (χ1) is 9.02. The second kappa shape index (κ2) is 8.15. The Morgan fingerprint density at radius 2 is 2.05 bits per heavy atom. The van der Waals surface area contributed by atoms with E-state index in [1.54, 1.807) is 11.3 Å². The molecule has 0 atom stereocenters. The van der Waals surface area contributed by atoms with Gasteiger partial charge in [-0.2, -0.15) is 0 Å². The lowest BCUT2D eigenvalue weighted by atomic mass is 10.1. The Morgan fingerprint density at radius 1 is 1.32 bits per heavy atom. The van der Waals surface area contributed by atoms with Crippen molar-refractivity contribution in [1.82, 2.24) is 15.6 Å². The van der Waals surface area contributed by atoms with E-state index < -0.39 is 0 Å². The Kier molecular flexibility index (Phi) is 6.84. The molecule has 1 aromatic heterocycles. The van der Waals surface area contributed by atoms with Gasteiger partial charge in [-0.15, -0.1) is 11.3 Å². The molecule has 0 saturated carbocycles. The van der Waals surface area contributed by atoms with Gasteiger partial charge in [-0.3, -0.25) is 4.99 Å². The lowest BCUT2D eigenvalue weighted by molar-refractivity contribution is 0.549. The van der Waals surface area contributed by atoms with Gasteiger partial charge in [0.25, 0.3) is 0 Å². The van der Waals surface area contributed by atoms with E-state index in [9.17, 15) is 0 Å². The fourth-order valence-electron chi connectivity index (χ4n) is 1.84. The minimum Gasteiger partial charge on any atom is -0.356 e. The van der Waals surface area contributed by atoms with Gasteiger partial charge in [0.1, 0.15) is 0 Å². The third-order valence-electron chi connectivity index (χ3n) is 2.89. The summed E-state index contributed by atoms with van der Waals surface area (Å²) in [7, 11) is 1.81. The molecule has 0 aromatic carbocycles. The van der Waals surface area contributed by atoms with E-state index in [1.165, 1.54) is 17.7 Å². The van der Waals surface area contributed by atoms with E-state index >= 15 is 0 Å². The Balaban J connectivity index is 2.31. The van der Waals surface area contributed by atoms with Crippen LogP contribution in [0.1, 0.15) is 42.3 Å². The van der Waals surface area contributed by atoms with E-state index in [0.717, 1.165) is 35.7 Å². The number of hydrogen-bond donors (Lipinski definition) is 2. The van der Waals surface area contributed by atoms with Gasteiger partial charge < -0.3 is 10.6 Å². The van der Waals surface area contributed by atoms with Gasteiger partial charge >= 0.3 is 0 Å². The van der Waals surface area contributed by atoms with Crippen LogP contribution in [-0.2, 0) is 6.54 Å². The summed E-state index contributed by atoms with van der Waals surface area (Å²) in [6.07, 6.45) is 2.42. The zero-order valence-corrected chi connectivity index (χ0v) is 13.5. The van der Waals surface area contributed by atoms with E-state index in [-0.39, 0.29) is 0 Å². The van der Waals surface area contributed by atoms with Crippen LogP contribution in [0.25, 0.3) is 0 Å². The van der Waals surface area contributed by atoms with Gasteiger partial charge in [-0.1, -0.05) is 13.8 Å². The summed E-state index contributed by atoms with van der Waals surface area (Å²) in [5.74, 6) is 1.63. The number of nitrogens with zero attached hydrogens (tertiary/aromatic N) is 2. The van der Waals surface area contributed by atoms with Crippen molar-refractivity contribution in [3.8, 4) is 0 Å². The first-order valence-corrected chi connectivity index (χ1v) is 7.72. The number of guanidine groups is 1. The molecule has 4 nitrogen and oxygen atoms in total. The highest BCUT2D eigenvalue weighted by molar-refractivity contribution is 7.11. The van der Waals surface area contributed by atoms with E-state index in [0.29, 0.717) is 0 Å². The van der Waals surface area contributed by atoms with Crippen molar-refractivity contribution in [3.63, 3.8) is 0 Å². The molecule has 0 aliphatic rings. The fraction of sp³-hybridized carbons (Fsp3) is 0.714. The molecule has 0 radical (unpaired) electrons. The van der Waals surface area contributed by atoms with Crippen molar-refractivity contribution < 1.29 is 0 Å². The molecule has 0 saturated heterocycles. The largest absolute Gasteiger partial charge is 0.356 e. The predicted molar refractivity (Wildman–Crippen MR) is 83.9 cm³/mol. The number of aliphatic imine (C=N–C) groups is 1. The second-order valence-corrected chi connectivity index (χ2v) is 6.42. The van der Waals surface area contributed by atoms with Crippen molar-refractivity contribution in [2.75, 3.05) is 13.6 Å². The molecule has 0 fully saturated rings. The standard InChI is InChI=1S/C14H26N4S/c1-10(2)7-6-8-16-14(15-5)17-9-13-11(3)18-12(4)19-13/h10H,6-9H2,1-5H3,(H2,15,16,17). The summed E-state index contributed by atoms with van der Waals surface area (Å²) in [4.78, 5) is 9.94. The summed E-state index contributed by atoms with van der Waals surface area (Å²) in [5.41, 5.74) is 1.12. The van der Waals surface area contributed by atoms with Gasteiger partial charge in [-0.05, 0) is 32.6 Å². The summed E-state index contributed by atoms with van der Waals surface area (Å²) in [6, 6.07) is 0. The van der Waals surface area contributed by atoms with Crippen molar-refractivity contribution in [3.05, 3.63) is 15.6 Å². The van der Waals surface area contributed by atoms with Crippen molar-refractivity contribution >= 4 is 17.3 Å². The monoisotopic (exact) mass is 282 g/mol. The van der Waals surface area contributed by atoms with Gasteiger partial charge in [0, 0.05) is 18.5 Å². The highest BCUT2D eigenvalue weighted by Gasteiger charge is 2.05. The van der Waals surface area contributed by atoms with Crippen molar-refractivity contribution in [2.45, 2.75) is 47.1 Å². The number of rotatable bonds is 6. The number of aryl methyl sites for hydroxylation is 2. The average molecular weight is 282 g/mol. The highest BCUT2D eigenvalue weighted by atomic mass is 32.1. The molecule has 0 spiro atoms. The lowest BCUT2D eigenvalue weighted by Crippen LogP contribution is -2.37. The van der Waals surface area contributed by atoms with Crippen LogP contribution in [0.5, 0.6) is 0 Å². The third-order valence-corrected chi connectivity index (χ3v) is 3.96. The molecular weight excluding hydrogens is 256 g/mol. The van der Waals surface area contributed by atoms with E-state index in [4.69, 9.17) is 0 Å². The number of hydrogen-bond acceptors (Lipinski definition) is 3. The molecule has 19 heavy (non-hydrogen) atoms. The SMILES string of the molecule is CN=C(NCCCC(C)C)NCc1sc(C)nc1C. The molecule has 0 aliphatic carbocycles. The normalized spacial score (nSPS) is 12.0. The zero-order valence-electron chi connectivity index (χ0n) is 12.7. The predicted octanol–water partition coefficient (Wildman–Crippen LogP) is 2.86. The van der Waals surface area contributed by atoms with Gasteiger partial charge in [-0.25, -0.2) is 4.98 Å². The van der Waals surface area contributed by atoms with Crippen LogP contribution in [0.3, 0.4) is 0 Å². The van der Waals surface area contributed by atoms with Gasteiger partial charge in [0.15, 0.2) is 5.96 Å². The molecule has 0 unspecified atom stereocenters. The summed E-state index contributed by atoms with van der Waals surface area (Å²) < 4.78 is 0. The number of aromatic nitrogens is 1. The van der Waals surface area contributed by atoms with Gasteiger partial charge in [0.2, 0.25) is 0 Å². The van der Waals surface area contributed by atoms with Crippen LogP contribution < -0.4 is 10.6 Å². The van der Waals surface area contributed by atoms with Crippen LogP contribution in [0.15, 0.2) is 4.99 Å². The zero-order chi connectivity index (χ0) is 14.3. The minimum absolute atomic E-state index is 0.764. The molecule has 2 N–H and O–H groups in total. The number of thiazole rings is 1. The fourth-order valence-corrected chi connectivity index (χ4v) is 2.72. The minimum atomic E-state index is 0.764. The first-order valence-electron chi connectivity index (χ1n) is 6.90. The molecule has 108 valence electrons. The smallest absolute Gasteiger partial charge is 0.191 e. The van der Waals surface area contributed by atoms with E-state index in [1.807, 2.05) is 14.0 Å². The molecule has 0 bridgehead atoms. The summed E-state index contributed by atoms with van der Waals surface area (Å²) >= 11 is 1.74. The Labute approximate surface area is 120 Å². The summed E-state index contributed by atoms with van der Waals surface area (Å²) in [5, 5.41) is 7.80. The Morgan fingerprint density at radius 3 is 2.58 bits per heavy atom.